The van der Waals surface area contributed by atoms with Gasteiger partial charge in [-0.25, -0.2) is 14.3 Å². The van der Waals surface area contributed by atoms with Gasteiger partial charge in [0.1, 0.15) is 37.4 Å². The maximum Gasteiger partial charge on any atom is 0.408 e. The molecule has 3 heterocycles. The third kappa shape index (κ3) is 5.58. The van der Waals surface area contributed by atoms with Gasteiger partial charge in [0.2, 0.25) is 0 Å². The van der Waals surface area contributed by atoms with E-state index in [0.29, 0.717) is 12.4 Å². The van der Waals surface area contributed by atoms with Crippen molar-refractivity contribution >= 4 is 19.8 Å². The summed E-state index contributed by atoms with van der Waals surface area (Å²) in [7, 11) is -1.54. The first-order valence-corrected chi connectivity index (χ1v) is 16.2. The molecule has 0 saturated carbocycles. The molecule has 1 N–H and O–H groups in total. The number of nitrogens with zero attached hydrogens (tertiary/aromatic N) is 3. The molecule has 4 aromatic rings. The Balaban J connectivity index is 1.55. The summed E-state index contributed by atoms with van der Waals surface area (Å²) in [4.78, 5) is 17.3. The Kier molecular flexibility index (Phi) is 6.49. The van der Waals surface area contributed by atoms with Gasteiger partial charge in [-0.3, -0.25) is 0 Å². The molecule has 0 saturated heterocycles. The highest BCUT2D eigenvalue weighted by atomic mass is 28.3. The lowest BCUT2D eigenvalue weighted by Gasteiger charge is -2.21. The smallest absolute Gasteiger partial charge is 0.408 e. The van der Waals surface area contributed by atoms with E-state index in [1.54, 1.807) is 0 Å². The predicted octanol–water partition coefficient (Wildman–Crippen LogP) is 6.25. The van der Waals surface area contributed by atoms with Gasteiger partial charge >= 0.3 is 6.09 Å². The highest BCUT2D eigenvalue weighted by Gasteiger charge is 2.29. The molecule has 5 rings (SSSR count). The summed E-state index contributed by atoms with van der Waals surface area (Å²) in [6.45, 7) is 12.5. The fraction of sp³-hybridized carbons (Fsp3) is 0.300. The molecule has 0 bridgehead atoms. The topological polar surface area (TPSA) is 77.8 Å². The maximum atomic E-state index is 12.3. The fourth-order valence-electron chi connectivity index (χ4n) is 4.23. The van der Waals surface area contributed by atoms with Gasteiger partial charge < -0.3 is 14.8 Å². The Hall–Kier alpha value is -4.09. The van der Waals surface area contributed by atoms with Crippen molar-refractivity contribution in [2.75, 3.05) is 6.61 Å². The van der Waals surface area contributed by atoms with E-state index < -0.39 is 19.8 Å². The van der Waals surface area contributed by atoms with Crippen molar-refractivity contribution in [3.05, 3.63) is 71.9 Å². The van der Waals surface area contributed by atoms with Crippen LogP contribution in [0.4, 0.5) is 4.79 Å². The third-order valence-electron chi connectivity index (χ3n) is 5.85. The fourth-order valence-corrected chi connectivity index (χ4v) is 4.74. The van der Waals surface area contributed by atoms with E-state index in [1.165, 1.54) is 0 Å². The van der Waals surface area contributed by atoms with Crippen LogP contribution in [0.1, 0.15) is 38.1 Å². The van der Waals surface area contributed by atoms with Crippen molar-refractivity contribution in [1.82, 2.24) is 19.9 Å². The summed E-state index contributed by atoms with van der Waals surface area (Å²) in [5, 5.41) is 7.77. The van der Waals surface area contributed by atoms with Crippen LogP contribution in [0.15, 0.2) is 60.7 Å². The standard InChI is InChI=1S/C30H32N4O3Si/c1-30(2,3)37-29(35)31-24-19-36-25-18-21(12-14-23(24)25)27-28(20-10-8-7-9-11-20)34-26(32-27)15-13-22(33-34)16-17-38(4,5)6/h7-15,18,24H,19H2,1-6H3,(H,31,35)/t24-/m0/s1. The zero-order valence-electron chi connectivity index (χ0n) is 22.6. The first-order chi connectivity index (χ1) is 18.0. The summed E-state index contributed by atoms with van der Waals surface area (Å²) >= 11 is 0. The van der Waals surface area contributed by atoms with Crippen molar-refractivity contribution in [2.24, 2.45) is 0 Å². The van der Waals surface area contributed by atoms with Crippen LogP contribution >= 0.6 is 0 Å². The molecule has 0 unspecified atom stereocenters. The molecule has 2 aromatic heterocycles. The number of imidazole rings is 1. The van der Waals surface area contributed by atoms with Crippen LogP contribution in [-0.2, 0) is 4.74 Å². The van der Waals surface area contributed by atoms with Gasteiger partial charge in [-0.05, 0) is 39.0 Å². The normalized spacial score (nSPS) is 14.8. The number of rotatable bonds is 3. The highest BCUT2D eigenvalue weighted by molar-refractivity contribution is 6.83. The Labute approximate surface area is 224 Å². The summed E-state index contributed by atoms with van der Waals surface area (Å²) in [6, 6.07) is 19.7. The molecule has 7 nitrogen and oxygen atoms in total. The molecule has 1 aliphatic rings. The quantitative estimate of drug-likeness (QED) is 0.253. The minimum absolute atomic E-state index is 0.280. The largest absolute Gasteiger partial charge is 0.491 e. The number of nitrogens with one attached hydrogen (secondary N) is 1. The number of ether oxygens (including phenoxy) is 2. The van der Waals surface area contributed by atoms with Crippen LogP contribution in [0.25, 0.3) is 28.2 Å². The molecule has 0 aliphatic carbocycles. The Morgan fingerprint density at radius 1 is 1.08 bits per heavy atom. The van der Waals surface area contributed by atoms with Crippen molar-refractivity contribution in [3.8, 4) is 39.7 Å². The average Bonchev–Trinajstić information content (AvgIpc) is 3.42. The molecule has 0 fully saturated rings. The summed E-state index contributed by atoms with van der Waals surface area (Å²) in [6.07, 6.45) is -0.464. The zero-order chi connectivity index (χ0) is 27.1. The van der Waals surface area contributed by atoms with Gasteiger partial charge in [-0.1, -0.05) is 68.0 Å². The van der Waals surface area contributed by atoms with E-state index in [4.69, 9.17) is 19.6 Å². The highest BCUT2D eigenvalue weighted by Crippen LogP contribution is 2.39. The van der Waals surface area contributed by atoms with Gasteiger partial charge in [0, 0.05) is 16.7 Å². The van der Waals surface area contributed by atoms with Crippen LogP contribution in [0.5, 0.6) is 5.75 Å². The number of benzene rings is 2. The molecule has 0 radical (unpaired) electrons. The number of hydrogen-bond acceptors (Lipinski definition) is 5. The number of hydrogen-bond donors (Lipinski definition) is 1. The van der Waals surface area contributed by atoms with Crippen LogP contribution in [0.2, 0.25) is 19.6 Å². The molecule has 1 atom stereocenters. The molecule has 38 heavy (non-hydrogen) atoms. The van der Waals surface area contributed by atoms with Crippen LogP contribution in [-0.4, -0.2) is 41.0 Å². The molecular weight excluding hydrogens is 492 g/mol. The van der Waals surface area contributed by atoms with Gasteiger partial charge in [0.25, 0.3) is 0 Å². The molecular formula is C30H32N4O3Si. The second kappa shape index (κ2) is 9.65. The van der Waals surface area contributed by atoms with Crippen molar-refractivity contribution in [3.63, 3.8) is 0 Å². The van der Waals surface area contributed by atoms with Gasteiger partial charge in [0.15, 0.2) is 5.65 Å². The second-order valence-corrected chi connectivity index (χ2v) is 16.2. The van der Waals surface area contributed by atoms with E-state index in [-0.39, 0.29) is 6.04 Å². The van der Waals surface area contributed by atoms with E-state index >= 15 is 0 Å². The average molecular weight is 525 g/mol. The van der Waals surface area contributed by atoms with Crippen LogP contribution in [0, 0.1) is 11.5 Å². The molecule has 2 aromatic carbocycles. The van der Waals surface area contributed by atoms with Crippen molar-refractivity contribution < 1.29 is 14.3 Å². The first-order valence-electron chi connectivity index (χ1n) is 12.7. The van der Waals surface area contributed by atoms with Crippen LogP contribution < -0.4 is 10.1 Å². The van der Waals surface area contributed by atoms with Crippen molar-refractivity contribution in [2.45, 2.75) is 52.1 Å². The minimum atomic E-state index is -1.54. The number of amides is 1. The Morgan fingerprint density at radius 2 is 1.84 bits per heavy atom. The summed E-state index contributed by atoms with van der Waals surface area (Å²) in [5.41, 5.74) is 8.79. The second-order valence-electron chi connectivity index (χ2n) is 11.4. The van der Waals surface area contributed by atoms with E-state index in [9.17, 15) is 4.79 Å². The first kappa shape index (κ1) is 25.6. The lowest BCUT2D eigenvalue weighted by molar-refractivity contribution is 0.0497. The lowest BCUT2D eigenvalue weighted by atomic mass is 10.0. The number of fused-ring (bicyclic) bond motifs is 2. The Bertz CT molecular complexity index is 1570. The van der Waals surface area contributed by atoms with Gasteiger partial charge in [-0.15, -0.1) is 5.54 Å². The number of aromatic nitrogens is 3. The van der Waals surface area contributed by atoms with E-state index in [2.05, 4.69) is 48.6 Å². The summed E-state index contributed by atoms with van der Waals surface area (Å²) in [5.74, 6) is 3.98. The Morgan fingerprint density at radius 3 is 2.55 bits per heavy atom. The molecule has 1 amide bonds. The monoisotopic (exact) mass is 524 g/mol. The van der Waals surface area contributed by atoms with Gasteiger partial charge in [-0.2, -0.15) is 5.10 Å². The minimum Gasteiger partial charge on any atom is -0.491 e. The molecule has 0 spiro atoms. The number of alkyl carbamates (subject to hydrolysis) is 1. The molecule has 194 valence electrons. The number of carbonyl (C=O) groups is 1. The third-order valence-corrected chi connectivity index (χ3v) is 6.72. The van der Waals surface area contributed by atoms with Gasteiger partial charge in [0.05, 0.1) is 11.7 Å². The predicted molar refractivity (Wildman–Crippen MR) is 152 cm³/mol. The summed E-state index contributed by atoms with van der Waals surface area (Å²) < 4.78 is 13.3. The molecule has 8 heteroatoms. The van der Waals surface area contributed by atoms with Crippen molar-refractivity contribution in [1.29, 1.82) is 0 Å². The lowest BCUT2D eigenvalue weighted by Crippen LogP contribution is -2.35. The maximum absolute atomic E-state index is 12.3. The number of carbonyl (C=O) groups excluding carboxylic acids is 1. The van der Waals surface area contributed by atoms with Crippen LogP contribution in [0.3, 0.4) is 0 Å². The zero-order valence-corrected chi connectivity index (χ0v) is 23.6. The SMILES string of the molecule is CC(C)(C)OC(=O)N[C@H]1COc2cc(-c3nc4ccc(C#C[Si](C)(C)C)nn4c3-c3ccccc3)ccc21. The van der Waals surface area contributed by atoms with E-state index in [1.807, 2.05) is 73.8 Å². The van der Waals surface area contributed by atoms with E-state index in [0.717, 1.165) is 39.4 Å². The molecule has 1 aliphatic heterocycles.